The van der Waals surface area contributed by atoms with Crippen LogP contribution in [0.3, 0.4) is 0 Å². The SMILES string of the molecule is FC(F)(F)c1ccc(CN2CCN(C(=S)Nc3ccc(Br)cc3)CC2)cc1. The molecule has 1 heterocycles. The van der Waals surface area contributed by atoms with Gasteiger partial charge in [-0.3, -0.25) is 4.90 Å². The summed E-state index contributed by atoms with van der Waals surface area (Å²) < 4.78 is 38.9. The monoisotopic (exact) mass is 457 g/mol. The number of halogens is 4. The van der Waals surface area contributed by atoms with Crippen LogP contribution in [0.4, 0.5) is 18.9 Å². The van der Waals surface area contributed by atoms with Crippen LogP contribution in [0.15, 0.2) is 53.0 Å². The fourth-order valence-electron chi connectivity index (χ4n) is 2.90. The van der Waals surface area contributed by atoms with Crippen molar-refractivity contribution in [2.24, 2.45) is 0 Å². The van der Waals surface area contributed by atoms with Crippen LogP contribution in [-0.2, 0) is 12.7 Å². The molecule has 1 aliphatic rings. The second kappa shape index (κ2) is 8.58. The zero-order valence-electron chi connectivity index (χ0n) is 14.5. The van der Waals surface area contributed by atoms with Crippen molar-refractivity contribution >= 4 is 38.9 Å². The molecule has 3 rings (SSSR count). The van der Waals surface area contributed by atoms with Crippen LogP contribution in [-0.4, -0.2) is 41.1 Å². The van der Waals surface area contributed by atoms with E-state index in [2.05, 4.69) is 31.0 Å². The zero-order valence-corrected chi connectivity index (χ0v) is 16.9. The summed E-state index contributed by atoms with van der Waals surface area (Å²) in [4.78, 5) is 4.34. The summed E-state index contributed by atoms with van der Waals surface area (Å²) in [5, 5.41) is 3.92. The normalized spacial score (nSPS) is 15.6. The van der Waals surface area contributed by atoms with Gasteiger partial charge >= 0.3 is 6.18 Å². The molecule has 1 fully saturated rings. The fourth-order valence-corrected chi connectivity index (χ4v) is 3.47. The molecular weight excluding hydrogens is 439 g/mol. The van der Waals surface area contributed by atoms with E-state index in [1.807, 2.05) is 24.3 Å². The summed E-state index contributed by atoms with van der Waals surface area (Å²) >= 11 is 8.89. The molecule has 0 spiro atoms. The Morgan fingerprint density at radius 1 is 0.963 bits per heavy atom. The standard InChI is InChI=1S/C19H19BrF3N3S/c20-16-5-7-17(8-6-16)24-18(27)26-11-9-25(10-12-26)13-14-1-3-15(4-2-14)19(21,22)23/h1-8H,9-13H2,(H,24,27). The lowest BCUT2D eigenvalue weighted by Crippen LogP contribution is -2.49. The molecule has 144 valence electrons. The third-order valence-electron chi connectivity index (χ3n) is 4.44. The highest BCUT2D eigenvalue weighted by Gasteiger charge is 2.30. The third kappa shape index (κ3) is 5.67. The molecule has 2 aromatic carbocycles. The summed E-state index contributed by atoms with van der Waals surface area (Å²) in [5.74, 6) is 0. The molecule has 0 saturated carbocycles. The Bertz CT molecular complexity index is 770. The highest BCUT2D eigenvalue weighted by molar-refractivity contribution is 9.10. The Balaban J connectivity index is 1.48. The van der Waals surface area contributed by atoms with E-state index in [-0.39, 0.29) is 0 Å². The van der Waals surface area contributed by atoms with Crippen LogP contribution in [0.25, 0.3) is 0 Å². The molecular formula is C19H19BrF3N3S. The third-order valence-corrected chi connectivity index (χ3v) is 5.33. The minimum atomic E-state index is -4.29. The van der Waals surface area contributed by atoms with Crippen molar-refractivity contribution < 1.29 is 13.2 Å². The molecule has 1 aliphatic heterocycles. The Morgan fingerprint density at radius 3 is 2.11 bits per heavy atom. The van der Waals surface area contributed by atoms with E-state index in [0.717, 1.165) is 54.0 Å². The predicted molar refractivity (Wildman–Crippen MR) is 109 cm³/mol. The minimum absolute atomic E-state index is 0.611. The maximum atomic E-state index is 12.6. The Kier molecular flexibility index (Phi) is 6.39. The van der Waals surface area contributed by atoms with Crippen LogP contribution in [0.5, 0.6) is 0 Å². The molecule has 27 heavy (non-hydrogen) atoms. The number of nitrogens with one attached hydrogen (secondary N) is 1. The number of benzene rings is 2. The van der Waals surface area contributed by atoms with Gasteiger partial charge in [0, 0.05) is 42.9 Å². The van der Waals surface area contributed by atoms with Gasteiger partial charge in [-0.1, -0.05) is 28.1 Å². The Hall–Kier alpha value is -1.64. The van der Waals surface area contributed by atoms with Crippen molar-refractivity contribution in [3.05, 3.63) is 64.1 Å². The minimum Gasteiger partial charge on any atom is -0.346 e. The van der Waals surface area contributed by atoms with E-state index >= 15 is 0 Å². The second-order valence-corrected chi connectivity index (χ2v) is 7.70. The van der Waals surface area contributed by atoms with Gasteiger partial charge in [-0.25, -0.2) is 0 Å². The number of piperazine rings is 1. The molecule has 8 heteroatoms. The summed E-state index contributed by atoms with van der Waals surface area (Å²) in [6, 6.07) is 13.2. The first-order valence-corrected chi connectivity index (χ1v) is 9.71. The largest absolute Gasteiger partial charge is 0.416 e. The number of hydrogen-bond acceptors (Lipinski definition) is 2. The van der Waals surface area contributed by atoms with E-state index in [1.54, 1.807) is 12.1 Å². The van der Waals surface area contributed by atoms with Gasteiger partial charge in [0.25, 0.3) is 0 Å². The summed E-state index contributed by atoms with van der Waals surface area (Å²) in [6.07, 6.45) is -4.29. The summed E-state index contributed by atoms with van der Waals surface area (Å²) in [5.41, 5.74) is 1.21. The van der Waals surface area contributed by atoms with Crippen molar-refractivity contribution in [2.75, 3.05) is 31.5 Å². The van der Waals surface area contributed by atoms with Crippen molar-refractivity contribution in [1.82, 2.24) is 9.80 Å². The Morgan fingerprint density at radius 2 is 1.56 bits per heavy atom. The van der Waals surface area contributed by atoms with Crippen molar-refractivity contribution in [2.45, 2.75) is 12.7 Å². The summed E-state index contributed by atoms with van der Waals surface area (Å²) in [6.45, 7) is 3.82. The first-order chi connectivity index (χ1) is 12.8. The van der Waals surface area contributed by atoms with Gasteiger partial charge in [-0.2, -0.15) is 13.2 Å². The smallest absolute Gasteiger partial charge is 0.346 e. The number of hydrogen-bond donors (Lipinski definition) is 1. The van der Waals surface area contributed by atoms with Gasteiger partial charge in [-0.15, -0.1) is 0 Å². The van der Waals surface area contributed by atoms with Crippen LogP contribution in [0, 0.1) is 0 Å². The van der Waals surface area contributed by atoms with Gasteiger partial charge < -0.3 is 10.2 Å². The quantitative estimate of drug-likeness (QED) is 0.654. The van der Waals surface area contributed by atoms with Crippen LogP contribution in [0.1, 0.15) is 11.1 Å². The van der Waals surface area contributed by atoms with E-state index in [0.29, 0.717) is 11.7 Å². The number of nitrogens with zero attached hydrogens (tertiary/aromatic N) is 2. The topological polar surface area (TPSA) is 18.5 Å². The van der Waals surface area contributed by atoms with Crippen molar-refractivity contribution in [3.63, 3.8) is 0 Å². The molecule has 2 aromatic rings. The van der Waals surface area contributed by atoms with E-state index in [4.69, 9.17) is 12.2 Å². The highest BCUT2D eigenvalue weighted by atomic mass is 79.9. The first kappa shape index (κ1) is 20.1. The van der Waals surface area contributed by atoms with Crippen LogP contribution < -0.4 is 5.32 Å². The number of anilines is 1. The van der Waals surface area contributed by atoms with Gasteiger partial charge in [0.05, 0.1) is 5.56 Å². The summed E-state index contributed by atoms with van der Waals surface area (Å²) in [7, 11) is 0. The first-order valence-electron chi connectivity index (χ1n) is 8.51. The predicted octanol–water partition coefficient (Wildman–Crippen LogP) is 4.98. The second-order valence-electron chi connectivity index (χ2n) is 6.39. The van der Waals surface area contributed by atoms with E-state index in [9.17, 15) is 13.2 Å². The average Bonchev–Trinajstić information content (AvgIpc) is 2.64. The molecule has 0 amide bonds. The molecule has 0 atom stereocenters. The average molecular weight is 458 g/mol. The maximum Gasteiger partial charge on any atom is 0.416 e. The van der Waals surface area contributed by atoms with Crippen LogP contribution in [0.2, 0.25) is 0 Å². The van der Waals surface area contributed by atoms with E-state index in [1.165, 1.54) is 0 Å². The van der Waals surface area contributed by atoms with Gasteiger partial charge in [-0.05, 0) is 54.2 Å². The zero-order chi connectivity index (χ0) is 19.4. The van der Waals surface area contributed by atoms with E-state index < -0.39 is 11.7 Å². The molecule has 3 nitrogen and oxygen atoms in total. The molecule has 1 saturated heterocycles. The lowest BCUT2D eigenvalue weighted by Gasteiger charge is -2.36. The van der Waals surface area contributed by atoms with Crippen molar-refractivity contribution in [1.29, 1.82) is 0 Å². The Labute approximate surface area is 170 Å². The number of alkyl halides is 3. The molecule has 0 unspecified atom stereocenters. The number of rotatable bonds is 3. The maximum absolute atomic E-state index is 12.6. The molecule has 0 bridgehead atoms. The lowest BCUT2D eigenvalue weighted by atomic mass is 10.1. The molecule has 1 N–H and O–H groups in total. The van der Waals surface area contributed by atoms with Crippen molar-refractivity contribution in [3.8, 4) is 0 Å². The fraction of sp³-hybridized carbons (Fsp3) is 0.316. The van der Waals surface area contributed by atoms with Gasteiger partial charge in [0.1, 0.15) is 0 Å². The lowest BCUT2D eigenvalue weighted by molar-refractivity contribution is -0.137. The molecule has 0 aromatic heterocycles. The molecule has 0 radical (unpaired) electrons. The highest BCUT2D eigenvalue weighted by Crippen LogP contribution is 2.29. The van der Waals surface area contributed by atoms with Gasteiger partial charge in [0.15, 0.2) is 5.11 Å². The number of thiocarbonyl (C=S) groups is 1. The molecule has 0 aliphatic carbocycles. The van der Waals surface area contributed by atoms with Gasteiger partial charge in [0.2, 0.25) is 0 Å². The van der Waals surface area contributed by atoms with Crippen LogP contribution >= 0.6 is 28.1 Å².